The van der Waals surface area contributed by atoms with Crippen molar-refractivity contribution < 1.29 is 24.2 Å². The second-order valence-corrected chi connectivity index (χ2v) is 9.76. The molecule has 2 aromatic rings. The molecule has 7 nitrogen and oxygen atoms in total. The van der Waals surface area contributed by atoms with Crippen molar-refractivity contribution in [3.63, 3.8) is 0 Å². The lowest BCUT2D eigenvalue weighted by atomic mass is 9.79. The molecule has 2 amide bonds. The number of hydrogen-bond donors (Lipinski definition) is 3. The Labute approximate surface area is 206 Å². The average molecular weight is 479 g/mol. The van der Waals surface area contributed by atoms with E-state index in [1.807, 2.05) is 24.3 Å². The van der Waals surface area contributed by atoms with Crippen molar-refractivity contribution >= 4 is 18.0 Å². The summed E-state index contributed by atoms with van der Waals surface area (Å²) in [5.41, 5.74) is 4.36. The second kappa shape index (κ2) is 11.4. The number of rotatable bonds is 11. The molecule has 2 aliphatic carbocycles. The minimum atomic E-state index is -0.834. The van der Waals surface area contributed by atoms with Crippen molar-refractivity contribution in [2.75, 3.05) is 19.7 Å². The third-order valence-electron chi connectivity index (χ3n) is 7.26. The van der Waals surface area contributed by atoms with Gasteiger partial charge in [-0.15, -0.1) is 0 Å². The summed E-state index contributed by atoms with van der Waals surface area (Å²) in [5.74, 6) is -0.885. The first kappa shape index (κ1) is 24.8. The molecule has 186 valence electrons. The number of fused-ring (bicyclic) bond motifs is 3. The molecule has 0 aliphatic heterocycles. The number of alkyl carbamates (subject to hydrolysis) is 1. The van der Waals surface area contributed by atoms with E-state index < -0.39 is 12.1 Å². The Balaban J connectivity index is 1.13. The fourth-order valence-corrected chi connectivity index (χ4v) is 5.58. The van der Waals surface area contributed by atoms with Crippen LogP contribution in [0.25, 0.3) is 11.1 Å². The van der Waals surface area contributed by atoms with E-state index in [0.29, 0.717) is 19.5 Å². The summed E-state index contributed by atoms with van der Waals surface area (Å²) >= 11 is 0. The van der Waals surface area contributed by atoms with E-state index in [-0.39, 0.29) is 36.7 Å². The molecule has 4 rings (SSSR count). The minimum Gasteiger partial charge on any atom is -0.481 e. The van der Waals surface area contributed by atoms with E-state index in [1.165, 1.54) is 22.3 Å². The van der Waals surface area contributed by atoms with Crippen molar-refractivity contribution in [3.8, 4) is 11.1 Å². The summed E-state index contributed by atoms with van der Waals surface area (Å²) in [6.45, 7) is 1.26. The molecule has 0 saturated heterocycles. The highest BCUT2D eigenvalue weighted by Crippen LogP contribution is 2.45. The van der Waals surface area contributed by atoms with Gasteiger partial charge in [0, 0.05) is 25.4 Å². The number of aliphatic carboxylic acids is 1. The monoisotopic (exact) mass is 478 g/mol. The van der Waals surface area contributed by atoms with Crippen LogP contribution in [-0.2, 0) is 14.3 Å². The number of nitrogens with one attached hydrogen (secondary N) is 2. The largest absolute Gasteiger partial charge is 0.481 e. The van der Waals surface area contributed by atoms with E-state index in [9.17, 15) is 19.5 Å². The van der Waals surface area contributed by atoms with Crippen LogP contribution in [0.1, 0.15) is 68.4 Å². The van der Waals surface area contributed by atoms with Crippen molar-refractivity contribution in [1.29, 1.82) is 0 Å². The summed E-state index contributed by atoms with van der Waals surface area (Å²) in [4.78, 5) is 35.7. The maximum atomic E-state index is 12.3. The molecular weight excluding hydrogens is 444 g/mol. The smallest absolute Gasteiger partial charge is 0.407 e. The van der Waals surface area contributed by atoms with Crippen LogP contribution in [0.5, 0.6) is 0 Å². The molecule has 0 atom stereocenters. The Morgan fingerprint density at radius 1 is 0.857 bits per heavy atom. The lowest BCUT2D eigenvalue weighted by Gasteiger charge is -2.26. The molecule has 0 heterocycles. The third kappa shape index (κ3) is 6.21. The van der Waals surface area contributed by atoms with Gasteiger partial charge in [-0.05, 0) is 53.4 Å². The molecule has 2 aliphatic rings. The van der Waals surface area contributed by atoms with Gasteiger partial charge >= 0.3 is 12.1 Å². The van der Waals surface area contributed by atoms with Crippen molar-refractivity contribution in [2.24, 2.45) is 5.41 Å². The number of benzene rings is 2. The number of carboxylic acid groups (broad SMARTS) is 1. The number of hydrogen-bond acceptors (Lipinski definition) is 4. The van der Waals surface area contributed by atoms with Crippen molar-refractivity contribution in [1.82, 2.24) is 10.6 Å². The lowest BCUT2D eigenvalue weighted by Crippen LogP contribution is -2.33. The molecule has 35 heavy (non-hydrogen) atoms. The molecule has 0 spiro atoms. The van der Waals surface area contributed by atoms with E-state index >= 15 is 0 Å². The Morgan fingerprint density at radius 3 is 2.03 bits per heavy atom. The van der Waals surface area contributed by atoms with Gasteiger partial charge < -0.3 is 20.5 Å². The maximum absolute atomic E-state index is 12.3. The summed E-state index contributed by atoms with van der Waals surface area (Å²) in [6.07, 6.45) is 4.92. The van der Waals surface area contributed by atoms with Gasteiger partial charge in [-0.25, -0.2) is 4.79 Å². The molecule has 2 aromatic carbocycles. The Hall–Kier alpha value is -3.35. The van der Waals surface area contributed by atoms with Gasteiger partial charge in [0.1, 0.15) is 6.61 Å². The lowest BCUT2D eigenvalue weighted by molar-refractivity contribution is -0.140. The number of carboxylic acids is 1. The molecule has 1 saturated carbocycles. The van der Waals surface area contributed by atoms with Gasteiger partial charge in [-0.1, -0.05) is 61.4 Å². The first-order valence-electron chi connectivity index (χ1n) is 12.5. The highest BCUT2D eigenvalue weighted by atomic mass is 16.5. The molecule has 0 unspecified atom stereocenters. The van der Waals surface area contributed by atoms with Crippen LogP contribution in [0.3, 0.4) is 0 Å². The van der Waals surface area contributed by atoms with Gasteiger partial charge in [0.2, 0.25) is 5.91 Å². The predicted octanol–water partition coefficient (Wildman–Crippen LogP) is 4.85. The van der Waals surface area contributed by atoms with Crippen molar-refractivity contribution in [2.45, 2.75) is 57.3 Å². The van der Waals surface area contributed by atoms with Crippen LogP contribution in [0.2, 0.25) is 0 Å². The van der Waals surface area contributed by atoms with Crippen LogP contribution in [0.15, 0.2) is 48.5 Å². The van der Waals surface area contributed by atoms with Gasteiger partial charge in [0.15, 0.2) is 0 Å². The van der Waals surface area contributed by atoms with Gasteiger partial charge in [-0.3, -0.25) is 9.59 Å². The van der Waals surface area contributed by atoms with E-state index in [2.05, 4.69) is 34.9 Å². The molecule has 1 fully saturated rings. The Bertz CT molecular complexity index is 1020. The zero-order valence-corrected chi connectivity index (χ0v) is 20.1. The summed E-state index contributed by atoms with van der Waals surface area (Å²) in [6, 6.07) is 16.5. The fourth-order valence-electron chi connectivity index (χ4n) is 5.58. The second-order valence-electron chi connectivity index (χ2n) is 9.76. The maximum Gasteiger partial charge on any atom is 0.407 e. The minimum absolute atomic E-state index is 0.0349. The zero-order chi connectivity index (χ0) is 24.7. The van der Waals surface area contributed by atoms with E-state index in [1.54, 1.807) is 0 Å². The number of carbonyl (C=O) groups excluding carboxylic acids is 2. The highest BCUT2D eigenvalue weighted by Gasteiger charge is 2.37. The molecule has 3 N–H and O–H groups in total. The first-order valence-corrected chi connectivity index (χ1v) is 12.5. The Morgan fingerprint density at radius 2 is 1.43 bits per heavy atom. The number of unbranched alkanes of at least 4 members (excludes halogenated alkanes) is 1. The van der Waals surface area contributed by atoms with Gasteiger partial charge in [-0.2, -0.15) is 0 Å². The standard InChI is InChI=1S/C28H34N2O5/c31-25(17-28(18-26(32)33)13-5-6-14-28)29-15-7-8-16-30-27(34)35-19-24-22-11-3-1-9-20(22)21-10-2-4-12-23(21)24/h1-4,9-12,24H,5-8,13-19H2,(H,29,31)(H,30,34)(H,32,33). The molecule has 0 aromatic heterocycles. The summed E-state index contributed by atoms with van der Waals surface area (Å²) in [5, 5.41) is 14.9. The van der Waals surface area contributed by atoms with E-state index in [0.717, 1.165) is 32.1 Å². The third-order valence-corrected chi connectivity index (χ3v) is 7.26. The van der Waals surface area contributed by atoms with Gasteiger partial charge in [0.05, 0.1) is 6.42 Å². The zero-order valence-electron chi connectivity index (χ0n) is 20.1. The van der Waals surface area contributed by atoms with Crippen LogP contribution in [0, 0.1) is 5.41 Å². The van der Waals surface area contributed by atoms with Gasteiger partial charge in [0.25, 0.3) is 0 Å². The Kier molecular flexibility index (Phi) is 8.06. The number of carbonyl (C=O) groups is 3. The average Bonchev–Trinajstić information content (AvgIpc) is 3.41. The van der Waals surface area contributed by atoms with Crippen LogP contribution in [0.4, 0.5) is 4.79 Å². The van der Waals surface area contributed by atoms with Crippen LogP contribution in [-0.4, -0.2) is 42.8 Å². The predicted molar refractivity (Wildman–Crippen MR) is 133 cm³/mol. The normalized spacial score (nSPS) is 15.8. The summed E-state index contributed by atoms with van der Waals surface area (Å²) in [7, 11) is 0. The molecule has 0 radical (unpaired) electrons. The molecular formula is C28H34N2O5. The van der Waals surface area contributed by atoms with Crippen LogP contribution >= 0.6 is 0 Å². The molecule has 0 bridgehead atoms. The molecule has 7 heteroatoms. The van der Waals surface area contributed by atoms with E-state index in [4.69, 9.17) is 4.74 Å². The number of ether oxygens (including phenoxy) is 1. The SMILES string of the molecule is O=C(O)CC1(CC(=O)NCCCCNC(=O)OCC2c3ccccc3-c3ccccc32)CCCC1. The first-order chi connectivity index (χ1) is 17.0. The van der Waals surface area contributed by atoms with Crippen LogP contribution < -0.4 is 10.6 Å². The quantitative estimate of drug-likeness (QED) is 0.401. The summed E-state index contributed by atoms with van der Waals surface area (Å²) < 4.78 is 5.53. The number of amides is 2. The fraction of sp³-hybridized carbons (Fsp3) is 0.464. The highest BCUT2D eigenvalue weighted by molar-refractivity contribution is 5.79. The topological polar surface area (TPSA) is 105 Å². The van der Waals surface area contributed by atoms with Crippen molar-refractivity contribution in [3.05, 3.63) is 59.7 Å².